The number of nitrogens with one attached hydrogen (secondary N) is 3. The van der Waals surface area contributed by atoms with Gasteiger partial charge < -0.3 is 5.32 Å². The summed E-state index contributed by atoms with van der Waals surface area (Å²) in [6.07, 6.45) is 0.667. The highest BCUT2D eigenvalue weighted by molar-refractivity contribution is 8.13. The third kappa shape index (κ3) is 6.75. The molecule has 2 rings (SSSR count). The van der Waals surface area contributed by atoms with Crippen LogP contribution in [-0.2, 0) is 11.2 Å². The predicted octanol–water partition coefficient (Wildman–Crippen LogP) is 3.20. The topological polar surface area (TPSA) is 70.2 Å². The van der Waals surface area contributed by atoms with Crippen molar-refractivity contribution < 1.29 is 9.59 Å². The van der Waals surface area contributed by atoms with Crippen LogP contribution in [0.15, 0.2) is 60.7 Å². The van der Waals surface area contributed by atoms with Crippen molar-refractivity contribution in [2.75, 3.05) is 11.2 Å². The second kappa shape index (κ2) is 9.62. The second-order valence-corrected chi connectivity index (χ2v) is 6.48. The van der Waals surface area contributed by atoms with Crippen LogP contribution >= 0.6 is 11.8 Å². The summed E-state index contributed by atoms with van der Waals surface area (Å²) in [5.41, 5.74) is 7.36. The molecule has 0 aromatic heterocycles. The van der Waals surface area contributed by atoms with Crippen LogP contribution in [0.4, 0.5) is 10.5 Å². The summed E-state index contributed by atoms with van der Waals surface area (Å²) < 4.78 is 0. The van der Waals surface area contributed by atoms with E-state index in [0.717, 1.165) is 11.3 Å². The first-order valence-electron chi connectivity index (χ1n) is 7.68. The molecule has 2 amide bonds. The van der Waals surface area contributed by atoms with Crippen molar-refractivity contribution in [1.29, 1.82) is 0 Å². The maximum Gasteiger partial charge on any atom is 0.333 e. The number of thioether (sulfide) groups is 1. The summed E-state index contributed by atoms with van der Waals surface area (Å²) in [4.78, 5) is 23.3. The van der Waals surface area contributed by atoms with Crippen LogP contribution in [-0.4, -0.2) is 22.9 Å². The molecule has 1 unspecified atom stereocenters. The van der Waals surface area contributed by atoms with E-state index in [1.54, 1.807) is 0 Å². The average molecular weight is 343 g/mol. The number of urea groups is 1. The standard InChI is InChI=1S/C18H21N3O2S/c1-14(22)24-13-17(12-15-8-4-2-5-9-15)19-18(23)21-20-16-10-6-3-7-11-16/h2-11,17,20H,12-13H2,1H3,(H2,19,21,23). The lowest BCUT2D eigenvalue weighted by molar-refractivity contribution is -0.109. The highest BCUT2D eigenvalue weighted by atomic mass is 32.2. The Kier molecular flexibility index (Phi) is 7.17. The van der Waals surface area contributed by atoms with Crippen LogP contribution in [0, 0.1) is 0 Å². The molecule has 0 fully saturated rings. The fourth-order valence-corrected chi connectivity index (χ4v) is 2.78. The van der Waals surface area contributed by atoms with Gasteiger partial charge in [0, 0.05) is 18.7 Å². The predicted molar refractivity (Wildman–Crippen MR) is 98.8 cm³/mol. The SMILES string of the molecule is CC(=O)SCC(Cc1ccccc1)NC(=O)NNc1ccccc1. The molecule has 24 heavy (non-hydrogen) atoms. The first-order chi connectivity index (χ1) is 11.6. The molecular formula is C18H21N3O2S. The molecule has 0 saturated heterocycles. The number of carbonyl (C=O) groups excluding carboxylic acids is 2. The number of carbonyl (C=O) groups is 2. The molecule has 0 saturated carbocycles. The molecule has 0 bridgehead atoms. The minimum atomic E-state index is -0.330. The zero-order chi connectivity index (χ0) is 17.2. The molecule has 0 aliphatic carbocycles. The summed E-state index contributed by atoms with van der Waals surface area (Å²) in [6.45, 7) is 1.53. The lowest BCUT2D eigenvalue weighted by Crippen LogP contribution is -2.46. The number of hydrazine groups is 1. The number of anilines is 1. The van der Waals surface area contributed by atoms with E-state index >= 15 is 0 Å². The molecule has 0 aliphatic rings. The van der Waals surface area contributed by atoms with Crippen molar-refractivity contribution in [2.24, 2.45) is 0 Å². The number of amides is 2. The van der Waals surface area contributed by atoms with Crippen molar-refractivity contribution in [3.63, 3.8) is 0 Å². The van der Waals surface area contributed by atoms with Crippen LogP contribution in [0.2, 0.25) is 0 Å². The van der Waals surface area contributed by atoms with Gasteiger partial charge in [-0.3, -0.25) is 15.6 Å². The van der Waals surface area contributed by atoms with E-state index < -0.39 is 0 Å². The summed E-state index contributed by atoms with van der Waals surface area (Å²) >= 11 is 1.21. The molecule has 5 nitrogen and oxygen atoms in total. The van der Waals surface area contributed by atoms with Crippen molar-refractivity contribution >= 4 is 28.6 Å². The van der Waals surface area contributed by atoms with Gasteiger partial charge in [-0.25, -0.2) is 4.79 Å². The lowest BCUT2D eigenvalue weighted by Gasteiger charge is -2.19. The quantitative estimate of drug-likeness (QED) is 0.675. The van der Waals surface area contributed by atoms with Gasteiger partial charge in [0.25, 0.3) is 0 Å². The first-order valence-corrected chi connectivity index (χ1v) is 8.67. The molecule has 2 aromatic rings. The van der Waals surface area contributed by atoms with E-state index in [9.17, 15) is 9.59 Å². The Bertz CT molecular complexity index is 650. The molecule has 1 atom stereocenters. The zero-order valence-corrected chi connectivity index (χ0v) is 14.3. The van der Waals surface area contributed by atoms with Gasteiger partial charge >= 0.3 is 6.03 Å². The van der Waals surface area contributed by atoms with Crippen LogP contribution in [0.3, 0.4) is 0 Å². The maximum atomic E-state index is 12.1. The van der Waals surface area contributed by atoms with E-state index in [4.69, 9.17) is 0 Å². The molecule has 0 aliphatic heterocycles. The van der Waals surface area contributed by atoms with Gasteiger partial charge in [-0.1, -0.05) is 60.3 Å². The maximum absolute atomic E-state index is 12.1. The van der Waals surface area contributed by atoms with Gasteiger partial charge in [-0.2, -0.15) is 0 Å². The van der Waals surface area contributed by atoms with Crippen LogP contribution in [0.25, 0.3) is 0 Å². The molecule has 0 heterocycles. The van der Waals surface area contributed by atoms with E-state index in [1.807, 2.05) is 60.7 Å². The molecule has 126 valence electrons. The van der Waals surface area contributed by atoms with E-state index in [2.05, 4.69) is 16.2 Å². The molecule has 0 radical (unpaired) electrons. The van der Waals surface area contributed by atoms with Gasteiger partial charge in [0.15, 0.2) is 5.12 Å². The summed E-state index contributed by atoms with van der Waals surface area (Å²) in [7, 11) is 0. The van der Waals surface area contributed by atoms with Gasteiger partial charge in [0.1, 0.15) is 0 Å². The van der Waals surface area contributed by atoms with Crippen LogP contribution in [0.1, 0.15) is 12.5 Å². The fourth-order valence-electron chi connectivity index (χ4n) is 2.14. The monoisotopic (exact) mass is 343 g/mol. The third-order valence-corrected chi connectivity index (χ3v) is 4.22. The average Bonchev–Trinajstić information content (AvgIpc) is 2.60. The number of benzene rings is 2. The molecule has 0 spiro atoms. The number of hydrogen-bond acceptors (Lipinski definition) is 4. The summed E-state index contributed by atoms with van der Waals surface area (Å²) in [6, 6.07) is 18.8. The van der Waals surface area contributed by atoms with Gasteiger partial charge in [0.2, 0.25) is 0 Å². The summed E-state index contributed by atoms with van der Waals surface area (Å²) in [5, 5.41) is 2.95. The molecule has 2 aromatic carbocycles. The van der Waals surface area contributed by atoms with Crippen molar-refractivity contribution in [2.45, 2.75) is 19.4 Å². The van der Waals surface area contributed by atoms with Gasteiger partial charge in [0.05, 0.1) is 5.69 Å². The Morgan fingerprint density at radius 2 is 1.62 bits per heavy atom. The number of rotatable bonds is 7. The largest absolute Gasteiger partial charge is 0.333 e. The van der Waals surface area contributed by atoms with E-state index in [0.29, 0.717) is 12.2 Å². The molecule has 6 heteroatoms. The van der Waals surface area contributed by atoms with Gasteiger partial charge in [-0.05, 0) is 24.1 Å². The number of para-hydroxylation sites is 1. The van der Waals surface area contributed by atoms with Gasteiger partial charge in [-0.15, -0.1) is 0 Å². The normalized spacial score (nSPS) is 11.4. The Labute approximate surface area is 146 Å². The molecular weight excluding hydrogens is 322 g/mol. The highest BCUT2D eigenvalue weighted by Gasteiger charge is 2.14. The van der Waals surface area contributed by atoms with E-state index in [-0.39, 0.29) is 17.2 Å². The fraction of sp³-hybridized carbons (Fsp3) is 0.222. The van der Waals surface area contributed by atoms with E-state index in [1.165, 1.54) is 18.7 Å². The second-order valence-electron chi connectivity index (χ2n) is 5.28. The number of hydrogen-bond donors (Lipinski definition) is 3. The Balaban J connectivity index is 1.88. The Morgan fingerprint density at radius 1 is 1.00 bits per heavy atom. The Morgan fingerprint density at radius 3 is 2.25 bits per heavy atom. The van der Waals surface area contributed by atoms with Crippen molar-refractivity contribution in [1.82, 2.24) is 10.7 Å². The minimum absolute atomic E-state index is 0.0395. The first kappa shape index (κ1) is 17.9. The molecule has 3 N–H and O–H groups in total. The smallest absolute Gasteiger partial charge is 0.333 e. The van der Waals surface area contributed by atoms with Crippen molar-refractivity contribution in [3.8, 4) is 0 Å². The Hall–Kier alpha value is -2.47. The summed E-state index contributed by atoms with van der Waals surface area (Å²) in [5.74, 6) is 0.531. The van der Waals surface area contributed by atoms with Crippen LogP contribution < -0.4 is 16.2 Å². The van der Waals surface area contributed by atoms with Crippen molar-refractivity contribution in [3.05, 3.63) is 66.2 Å². The highest BCUT2D eigenvalue weighted by Crippen LogP contribution is 2.10. The third-order valence-electron chi connectivity index (χ3n) is 3.24. The lowest BCUT2D eigenvalue weighted by atomic mass is 10.1. The van der Waals surface area contributed by atoms with Crippen LogP contribution in [0.5, 0.6) is 0 Å². The minimum Gasteiger partial charge on any atom is -0.333 e. The zero-order valence-electron chi connectivity index (χ0n) is 13.5.